The third kappa shape index (κ3) is 2.05. The lowest BCUT2D eigenvalue weighted by atomic mass is 10.3. The van der Waals surface area contributed by atoms with E-state index < -0.39 is 0 Å². The van der Waals surface area contributed by atoms with Crippen LogP contribution in [0.4, 0.5) is 5.69 Å². The molecule has 7 nitrogen and oxygen atoms in total. The first-order valence-corrected chi connectivity index (χ1v) is 7.09. The van der Waals surface area contributed by atoms with Crippen molar-refractivity contribution < 1.29 is 0 Å². The molecule has 0 aliphatic heterocycles. The van der Waals surface area contributed by atoms with Crippen LogP contribution in [0.1, 0.15) is 31.5 Å². The molecule has 0 spiro atoms. The third-order valence-electron chi connectivity index (χ3n) is 3.21. The number of nitrogens with two attached hydrogens (primary N) is 1. The largest absolute Gasteiger partial charge is 0.395 e. The van der Waals surface area contributed by atoms with E-state index in [1.165, 1.54) is 11.8 Å². The zero-order valence-electron chi connectivity index (χ0n) is 10.9. The van der Waals surface area contributed by atoms with Crippen LogP contribution < -0.4 is 11.4 Å². The summed E-state index contributed by atoms with van der Waals surface area (Å²) in [5.74, 6) is 0. The molecule has 0 unspecified atom stereocenters. The lowest BCUT2D eigenvalue weighted by Gasteiger charge is -2.04. The van der Waals surface area contributed by atoms with E-state index in [1.54, 1.807) is 9.25 Å². The van der Waals surface area contributed by atoms with Crippen molar-refractivity contribution in [1.29, 1.82) is 0 Å². The van der Waals surface area contributed by atoms with Crippen LogP contribution in [0.25, 0.3) is 0 Å². The molecular formula is C11H16N6OS. The Hall–Kier alpha value is -1.70. The van der Waals surface area contributed by atoms with Gasteiger partial charge in [-0.3, -0.25) is 9.25 Å². The second-order valence-electron chi connectivity index (χ2n) is 4.66. The fourth-order valence-electron chi connectivity index (χ4n) is 2.06. The Morgan fingerprint density at radius 3 is 2.84 bits per heavy atom. The van der Waals surface area contributed by atoms with E-state index in [2.05, 4.69) is 15.3 Å². The third-order valence-corrected chi connectivity index (χ3v) is 4.36. The molecule has 102 valence electrons. The molecule has 2 heterocycles. The summed E-state index contributed by atoms with van der Waals surface area (Å²) in [6, 6.07) is 0.286. The average Bonchev–Trinajstić information content (AvgIpc) is 3.10. The number of H-pyrrole nitrogens is 1. The van der Waals surface area contributed by atoms with Crippen LogP contribution in [-0.2, 0) is 13.5 Å². The van der Waals surface area contributed by atoms with Crippen molar-refractivity contribution in [3.63, 3.8) is 0 Å². The Balaban J connectivity index is 1.98. The van der Waals surface area contributed by atoms with Gasteiger partial charge in [-0.25, -0.2) is 9.89 Å². The first kappa shape index (κ1) is 12.3. The summed E-state index contributed by atoms with van der Waals surface area (Å²) in [7, 11) is 1.85. The molecule has 0 bridgehead atoms. The number of hydrogen-bond acceptors (Lipinski definition) is 5. The van der Waals surface area contributed by atoms with E-state index in [9.17, 15) is 4.79 Å². The molecule has 1 aliphatic carbocycles. The summed E-state index contributed by atoms with van der Waals surface area (Å²) < 4.78 is 3.46. The van der Waals surface area contributed by atoms with Crippen LogP contribution in [0.5, 0.6) is 0 Å². The Kier molecular flexibility index (Phi) is 2.89. The van der Waals surface area contributed by atoms with Gasteiger partial charge >= 0.3 is 5.69 Å². The molecule has 0 atom stereocenters. The summed E-state index contributed by atoms with van der Waals surface area (Å²) >= 11 is 1.39. The lowest BCUT2D eigenvalue weighted by Crippen LogP contribution is -2.16. The van der Waals surface area contributed by atoms with Crippen molar-refractivity contribution in [1.82, 2.24) is 24.5 Å². The van der Waals surface area contributed by atoms with Gasteiger partial charge in [0.25, 0.3) is 0 Å². The van der Waals surface area contributed by atoms with Gasteiger partial charge in [-0.1, -0.05) is 6.92 Å². The fraction of sp³-hybridized carbons (Fsp3) is 0.545. The number of nitrogens with one attached hydrogen (secondary N) is 1. The van der Waals surface area contributed by atoms with Gasteiger partial charge in [-0.15, -0.1) is 5.10 Å². The van der Waals surface area contributed by atoms with Crippen LogP contribution in [0.15, 0.2) is 15.0 Å². The zero-order chi connectivity index (χ0) is 13.6. The van der Waals surface area contributed by atoms with Gasteiger partial charge in [0.15, 0.2) is 5.16 Å². The van der Waals surface area contributed by atoms with E-state index in [1.807, 2.05) is 14.0 Å². The Labute approximate surface area is 114 Å². The minimum atomic E-state index is -0.151. The summed E-state index contributed by atoms with van der Waals surface area (Å²) in [6.45, 7) is 2.02. The van der Waals surface area contributed by atoms with Gasteiger partial charge in [0, 0.05) is 13.1 Å². The highest BCUT2D eigenvalue weighted by Crippen LogP contribution is 2.39. The zero-order valence-corrected chi connectivity index (χ0v) is 11.7. The molecule has 1 aliphatic rings. The van der Waals surface area contributed by atoms with Crippen LogP contribution in [0, 0.1) is 0 Å². The molecule has 8 heteroatoms. The molecule has 0 saturated heterocycles. The molecule has 0 aromatic carbocycles. The molecule has 3 N–H and O–H groups in total. The van der Waals surface area contributed by atoms with Crippen LogP contribution in [0.3, 0.4) is 0 Å². The number of aromatic amines is 1. The SMILES string of the molecule is CCc1nn(C)c(Sc2n[nH]c(=O)n2C2CC2)c1N. The van der Waals surface area contributed by atoms with Crippen molar-refractivity contribution in [2.75, 3.05) is 5.73 Å². The predicted octanol–water partition coefficient (Wildman–Crippen LogP) is 0.936. The monoisotopic (exact) mass is 280 g/mol. The first-order valence-electron chi connectivity index (χ1n) is 6.28. The number of nitrogens with zero attached hydrogens (tertiary/aromatic N) is 4. The Bertz CT molecular complexity index is 665. The smallest absolute Gasteiger partial charge is 0.344 e. The van der Waals surface area contributed by atoms with Crippen molar-refractivity contribution in [2.24, 2.45) is 7.05 Å². The Morgan fingerprint density at radius 2 is 2.26 bits per heavy atom. The number of hydrogen-bond donors (Lipinski definition) is 2. The summed E-state index contributed by atoms with van der Waals surface area (Å²) in [4.78, 5) is 11.7. The van der Waals surface area contributed by atoms with E-state index >= 15 is 0 Å². The predicted molar refractivity (Wildman–Crippen MR) is 72.2 cm³/mol. The van der Waals surface area contributed by atoms with Gasteiger partial charge < -0.3 is 5.73 Å². The topological polar surface area (TPSA) is 94.5 Å². The minimum Gasteiger partial charge on any atom is -0.395 e. The number of aryl methyl sites for hydroxylation is 2. The first-order chi connectivity index (χ1) is 9.11. The average molecular weight is 280 g/mol. The van der Waals surface area contributed by atoms with Gasteiger partial charge in [0.2, 0.25) is 0 Å². The number of anilines is 1. The number of nitrogen functional groups attached to an aromatic ring is 1. The summed E-state index contributed by atoms with van der Waals surface area (Å²) in [5, 5.41) is 12.4. The molecule has 19 heavy (non-hydrogen) atoms. The highest BCUT2D eigenvalue weighted by atomic mass is 32.2. The normalized spacial score (nSPS) is 15.1. The Morgan fingerprint density at radius 1 is 1.53 bits per heavy atom. The summed E-state index contributed by atoms with van der Waals surface area (Å²) in [6.07, 6.45) is 2.86. The maximum absolute atomic E-state index is 11.7. The molecule has 2 aromatic rings. The fourth-order valence-corrected chi connectivity index (χ4v) is 3.06. The van der Waals surface area contributed by atoms with E-state index in [0.717, 1.165) is 30.0 Å². The van der Waals surface area contributed by atoms with Crippen molar-refractivity contribution in [3.05, 3.63) is 16.2 Å². The lowest BCUT2D eigenvalue weighted by molar-refractivity contribution is 0.637. The minimum absolute atomic E-state index is 0.151. The number of rotatable bonds is 4. The molecule has 3 rings (SSSR count). The van der Waals surface area contributed by atoms with E-state index in [4.69, 9.17) is 5.73 Å². The molecule has 1 saturated carbocycles. The van der Waals surface area contributed by atoms with Crippen molar-refractivity contribution in [3.8, 4) is 0 Å². The van der Waals surface area contributed by atoms with Crippen LogP contribution in [-0.4, -0.2) is 24.5 Å². The highest BCUT2D eigenvalue weighted by Gasteiger charge is 2.29. The second-order valence-corrected chi connectivity index (χ2v) is 5.61. The maximum Gasteiger partial charge on any atom is 0.344 e. The van der Waals surface area contributed by atoms with Crippen molar-refractivity contribution >= 4 is 17.4 Å². The number of aromatic nitrogens is 5. The summed E-state index contributed by atoms with van der Waals surface area (Å²) in [5.41, 5.74) is 7.48. The van der Waals surface area contributed by atoms with Crippen LogP contribution in [0.2, 0.25) is 0 Å². The van der Waals surface area contributed by atoms with E-state index in [-0.39, 0.29) is 11.7 Å². The quantitative estimate of drug-likeness (QED) is 0.869. The van der Waals surface area contributed by atoms with E-state index in [0.29, 0.717) is 10.8 Å². The van der Waals surface area contributed by atoms with Gasteiger partial charge in [0.05, 0.1) is 11.4 Å². The molecule has 0 amide bonds. The van der Waals surface area contributed by atoms with Gasteiger partial charge in [-0.05, 0) is 31.0 Å². The molecular weight excluding hydrogens is 264 g/mol. The maximum atomic E-state index is 11.7. The van der Waals surface area contributed by atoms with Gasteiger partial charge in [0.1, 0.15) is 5.03 Å². The highest BCUT2D eigenvalue weighted by molar-refractivity contribution is 7.99. The molecule has 1 fully saturated rings. The molecule has 2 aromatic heterocycles. The van der Waals surface area contributed by atoms with Crippen LogP contribution >= 0.6 is 11.8 Å². The van der Waals surface area contributed by atoms with Gasteiger partial charge in [-0.2, -0.15) is 5.10 Å². The molecule has 0 radical (unpaired) electrons. The van der Waals surface area contributed by atoms with Crippen molar-refractivity contribution in [2.45, 2.75) is 42.4 Å². The standard InChI is InChI=1S/C11H16N6OS/c1-3-7-8(12)9(16(2)15-7)19-11-14-13-10(18)17(11)6-4-5-6/h6H,3-5,12H2,1-2H3,(H,13,18). The second kappa shape index (κ2) is 4.44.